The number of hydrogen-bond acceptors (Lipinski definition) is 3. The van der Waals surface area contributed by atoms with Gasteiger partial charge in [-0.2, -0.15) is 0 Å². The first-order chi connectivity index (χ1) is 9.65. The van der Waals surface area contributed by atoms with E-state index in [4.69, 9.17) is 10.7 Å². The lowest BCUT2D eigenvalue weighted by Gasteiger charge is -2.09. The Bertz CT molecular complexity index is 649. The standard InChI is InChI=1S/C14H21ClN2O3S/c1-4-5-17-9-11(21(15,19)20)6-12(17)13(18)16-8-10-7-14(10,2)3/h6,9-10H,4-5,7-8H2,1-3H3,(H,16,18). The molecule has 1 aromatic rings. The Morgan fingerprint density at radius 3 is 2.62 bits per heavy atom. The minimum Gasteiger partial charge on any atom is -0.350 e. The Labute approximate surface area is 130 Å². The maximum atomic E-state index is 12.3. The predicted molar refractivity (Wildman–Crippen MR) is 82.0 cm³/mol. The van der Waals surface area contributed by atoms with Gasteiger partial charge in [0.25, 0.3) is 15.0 Å². The number of nitrogens with one attached hydrogen (secondary N) is 1. The molecular weight excluding hydrogens is 312 g/mol. The zero-order valence-corrected chi connectivity index (χ0v) is 14.1. The number of aryl methyl sites for hydroxylation is 1. The minimum absolute atomic E-state index is 0.0329. The van der Waals surface area contributed by atoms with Crippen LogP contribution < -0.4 is 5.32 Å². The molecule has 21 heavy (non-hydrogen) atoms. The number of hydrogen-bond donors (Lipinski definition) is 1. The van der Waals surface area contributed by atoms with Crippen LogP contribution in [-0.4, -0.2) is 25.4 Å². The van der Waals surface area contributed by atoms with Gasteiger partial charge in [0, 0.05) is 30.0 Å². The summed E-state index contributed by atoms with van der Waals surface area (Å²) in [7, 11) is 1.53. The topological polar surface area (TPSA) is 68.2 Å². The van der Waals surface area contributed by atoms with Crippen molar-refractivity contribution >= 4 is 25.6 Å². The fourth-order valence-corrected chi connectivity index (χ4v) is 3.22. The van der Waals surface area contributed by atoms with Crippen molar-refractivity contribution in [1.29, 1.82) is 0 Å². The van der Waals surface area contributed by atoms with Crippen LogP contribution in [0.2, 0.25) is 0 Å². The monoisotopic (exact) mass is 332 g/mol. The molecule has 0 radical (unpaired) electrons. The zero-order valence-electron chi connectivity index (χ0n) is 12.5. The molecule has 0 spiro atoms. The van der Waals surface area contributed by atoms with Gasteiger partial charge in [0.2, 0.25) is 0 Å². The SMILES string of the molecule is CCCn1cc(S(=O)(=O)Cl)cc1C(=O)NCC1CC1(C)C. The molecule has 1 aliphatic carbocycles. The molecule has 1 atom stereocenters. The second kappa shape index (κ2) is 5.65. The van der Waals surface area contributed by atoms with E-state index < -0.39 is 9.05 Å². The van der Waals surface area contributed by atoms with Crippen LogP contribution >= 0.6 is 10.7 Å². The molecular formula is C14H21ClN2O3S. The van der Waals surface area contributed by atoms with Crippen molar-refractivity contribution in [2.45, 2.75) is 45.1 Å². The van der Waals surface area contributed by atoms with Gasteiger partial charge in [0.05, 0.1) is 0 Å². The molecule has 1 unspecified atom stereocenters. The summed E-state index contributed by atoms with van der Waals surface area (Å²) in [4.78, 5) is 12.2. The highest BCUT2D eigenvalue weighted by molar-refractivity contribution is 8.13. The first kappa shape index (κ1) is 16.4. The second-order valence-corrected chi connectivity index (χ2v) is 8.86. The van der Waals surface area contributed by atoms with Gasteiger partial charge in [-0.05, 0) is 30.2 Å². The third kappa shape index (κ3) is 3.80. The number of carbonyl (C=O) groups is 1. The molecule has 7 heteroatoms. The van der Waals surface area contributed by atoms with Crippen molar-refractivity contribution in [1.82, 2.24) is 9.88 Å². The molecule has 1 heterocycles. The van der Waals surface area contributed by atoms with Crippen molar-refractivity contribution in [3.8, 4) is 0 Å². The summed E-state index contributed by atoms with van der Waals surface area (Å²) in [6.07, 6.45) is 3.32. The highest BCUT2D eigenvalue weighted by Crippen LogP contribution is 2.50. The quantitative estimate of drug-likeness (QED) is 0.814. The summed E-state index contributed by atoms with van der Waals surface area (Å²) in [6.45, 7) is 7.49. The van der Waals surface area contributed by atoms with Gasteiger partial charge in [0.15, 0.2) is 0 Å². The van der Waals surface area contributed by atoms with Crippen molar-refractivity contribution in [2.75, 3.05) is 6.54 Å². The van der Waals surface area contributed by atoms with Gasteiger partial charge in [0.1, 0.15) is 10.6 Å². The average Bonchev–Trinajstić information content (AvgIpc) is 2.79. The van der Waals surface area contributed by atoms with E-state index in [1.54, 1.807) is 4.57 Å². The zero-order chi connectivity index (χ0) is 15.8. The molecule has 5 nitrogen and oxygen atoms in total. The minimum atomic E-state index is -3.82. The molecule has 0 saturated heterocycles. The van der Waals surface area contributed by atoms with Crippen molar-refractivity contribution < 1.29 is 13.2 Å². The van der Waals surface area contributed by atoms with Crippen LogP contribution in [0.15, 0.2) is 17.2 Å². The van der Waals surface area contributed by atoms with E-state index in [0.29, 0.717) is 30.1 Å². The molecule has 2 rings (SSSR count). The number of carbonyl (C=O) groups excluding carboxylic acids is 1. The first-order valence-corrected chi connectivity index (χ1v) is 9.39. The Kier molecular flexibility index (Phi) is 4.40. The van der Waals surface area contributed by atoms with Gasteiger partial charge >= 0.3 is 0 Å². The second-order valence-electron chi connectivity index (χ2n) is 6.29. The maximum absolute atomic E-state index is 12.3. The largest absolute Gasteiger partial charge is 0.350 e. The molecule has 1 saturated carbocycles. The van der Waals surface area contributed by atoms with E-state index in [9.17, 15) is 13.2 Å². The molecule has 118 valence electrons. The smallest absolute Gasteiger partial charge is 0.267 e. The lowest BCUT2D eigenvalue weighted by atomic mass is 10.1. The van der Waals surface area contributed by atoms with Gasteiger partial charge in [-0.1, -0.05) is 20.8 Å². The third-order valence-corrected chi connectivity index (χ3v) is 5.40. The number of nitrogens with zero attached hydrogens (tertiary/aromatic N) is 1. The molecule has 1 aromatic heterocycles. The van der Waals surface area contributed by atoms with Crippen LogP contribution in [0.5, 0.6) is 0 Å². The van der Waals surface area contributed by atoms with E-state index >= 15 is 0 Å². The van der Waals surface area contributed by atoms with E-state index in [-0.39, 0.29) is 10.8 Å². The van der Waals surface area contributed by atoms with E-state index in [0.717, 1.165) is 12.8 Å². The highest BCUT2D eigenvalue weighted by atomic mass is 35.7. The summed E-state index contributed by atoms with van der Waals surface area (Å²) in [5.41, 5.74) is 0.637. The Morgan fingerprint density at radius 2 is 2.14 bits per heavy atom. The molecule has 0 bridgehead atoms. The van der Waals surface area contributed by atoms with Crippen molar-refractivity contribution in [3.05, 3.63) is 18.0 Å². The Balaban J connectivity index is 2.13. The van der Waals surface area contributed by atoms with Gasteiger partial charge < -0.3 is 9.88 Å². The Morgan fingerprint density at radius 1 is 1.52 bits per heavy atom. The van der Waals surface area contributed by atoms with Crippen LogP contribution in [0.25, 0.3) is 0 Å². The highest BCUT2D eigenvalue weighted by Gasteiger charge is 2.45. The molecule has 1 aliphatic rings. The maximum Gasteiger partial charge on any atom is 0.267 e. The van der Waals surface area contributed by atoms with E-state index in [1.807, 2.05) is 6.92 Å². The molecule has 1 N–H and O–H groups in total. The molecule has 0 aromatic carbocycles. The summed E-state index contributed by atoms with van der Waals surface area (Å²) in [5, 5.41) is 2.88. The molecule has 1 fully saturated rings. The van der Waals surface area contributed by atoms with Crippen LogP contribution in [-0.2, 0) is 15.6 Å². The molecule has 0 aliphatic heterocycles. The van der Waals surface area contributed by atoms with Crippen LogP contribution in [0, 0.1) is 11.3 Å². The number of halogens is 1. The first-order valence-electron chi connectivity index (χ1n) is 7.08. The van der Waals surface area contributed by atoms with Gasteiger partial charge in [-0.3, -0.25) is 4.79 Å². The summed E-state index contributed by atoms with van der Waals surface area (Å²) >= 11 is 0. The summed E-state index contributed by atoms with van der Waals surface area (Å²) in [5.74, 6) is 0.241. The Hall–Kier alpha value is -1.01. The number of aromatic nitrogens is 1. The fraction of sp³-hybridized carbons (Fsp3) is 0.643. The van der Waals surface area contributed by atoms with Crippen molar-refractivity contribution in [3.63, 3.8) is 0 Å². The summed E-state index contributed by atoms with van der Waals surface area (Å²) < 4.78 is 24.5. The van der Waals surface area contributed by atoms with Crippen LogP contribution in [0.3, 0.4) is 0 Å². The van der Waals surface area contributed by atoms with Gasteiger partial charge in [-0.15, -0.1) is 0 Å². The van der Waals surface area contributed by atoms with E-state index in [2.05, 4.69) is 19.2 Å². The predicted octanol–water partition coefficient (Wildman–Crippen LogP) is 2.60. The summed E-state index contributed by atoms with van der Waals surface area (Å²) in [6, 6.07) is 1.34. The van der Waals surface area contributed by atoms with Gasteiger partial charge in [-0.25, -0.2) is 8.42 Å². The third-order valence-electron chi connectivity index (χ3n) is 4.08. The lowest BCUT2D eigenvalue weighted by Crippen LogP contribution is -2.28. The number of amides is 1. The average molecular weight is 333 g/mol. The normalized spacial score (nSPS) is 20.3. The van der Waals surface area contributed by atoms with E-state index in [1.165, 1.54) is 12.3 Å². The van der Waals surface area contributed by atoms with Crippen LogP contribution in [0.4, 0.5) is 0 Å². The van der Waals surface area contributed by atoms with Crippen LogP contribution in [0.1, 0.15) is 44.1 Å². The lowest BCUT2D eigenvalue weighted by molar-refractivity contribution is 0.0941. The van der Waals surface area contributed by atoms with Crippen molar-refractivity contribution in [2.24, 2.45) is 11.3 Å². The fourth-order valence-electron chi connectivity index (χ4n) is 2.46. The number of rotatable bonds is 6. The molecule has 1 amide bonds.